The number of aryl methyl sites for hydroxylation is 1. The number of hydrogen-bond donors (Lipinski definition) is 0. The molecule has 0 bridgehead atoms. The quantitative estimate of drug-likeness (QED) is 0.660. The Bertz CT molecular complexity index is 738. The SMILES string of the molecule is CCCN(Cc1nc(-c2cccc(OC)c2OC)oc1C)CC1CCCO1. The summed E-state index contributed by atoms with van der Waals surface area (Å²) in [7, 11) is 3.25. The van der Waals surface area contributed by atoms with E-state index < -0.39 is 0 Å². The molecule has 2 aromatic rings. The minimum atomic E-state index is 0.335. The number of hydrogen-bond acceptors (Lipinski definition) is 6. The van der Waals surface area contributed by atoms with Crippen molar-refractivity contribution in [2.24, 2.45) is 0 Å². The lowest BCUT2D eigenvalue weighted by Gasteiger charge is -2.23. The van der Waals surface area contributed by atoms with Gasteiger partial charge < -0.3 is 18.6 Å². The first-order chi connectivity index (χ1) is 13.2. The van der Waals surface area contributed by atoms with E-state index in [4.69, 9.17) is 23.6 Å². The summed E-state index contributed by atoms with van der Waals surface area (Å²) < 4.78 is 22.7. The van der Waals surface area contributed by atoms with Crippen LogP contribution in [0.25, 0.3) is 11.5 Å². The maximum atomic E-state index is 5.99. The van der Waals surface area contributed by atoms with Gasteiger partial charge in [-0.2, -0.15) is 0 Å². The fourth-order valence-electron chi connectivity index (χ4n) is 3.58. The highest BCUT2D eigenvalue weighted by molar-refractivity contribution is 5.68. The van der Waals surface area contributed by atoms with Crippen LogP contribution in [0, 0.1) is 6.92 Å². The highest BCUT2D eigenvalue weighted by atomic mass is 16.5. The normalized spacial score (nSPS) is 16.9. The fourth-order valence-corrected chi connectivity index (χ4v) is 3.58. The third-order valence-electron chi connectivity index (χ3n) is 4.93. The minimum absolute atomic E-state index is 0.335. The Morgan fingerprint density at radius 3 is 2.78 bits per heavy atom. The van der Waals surface area contributed by atoms with E-state index in [1.54, 1.807) is 14.2 Å². The van der Waals surface area contributed by atoms with Gasteiger partial charge in [-0.3, -0.25) is 4.90 Å². The van der Waals surface area contributed by atoms with E-state index in [0.717, 1.165) is 62.5 Å². The van der Waals surface area contributed by atoms with Crippen LogP contribution < -0.4 is 9.47 Å². The van der Waals surface area contributed by atoms with E-state index in [0.29, 0.717) is 23.5 Å². The lowest BCUT2D eigenvalue weighted by molar-refractivity contribution is 0.0701. The molecule has 6 nitrogen and oxygen atoms in total. The highest BCUT2D eigenvalue weighted by Crippen LogP contribution is 2.38. The number of nitrogens with zero attached hydrogens (tertiary/aromatic N) is 2. The molecule has 1 fully saturated rings. The third-order valence-corrected chi connectivity index (χ3v) is 4.93. The molecular formula is C21H30N2O4. The molecule has 0 spiro atoms. The third kappa shape index (κ3) is 4.62. The van der Waals surface area contributed by atoms with Crippen molar-refractivity contribution >= 4 is 0 Å². The first-order valence-corrected chi connectivity index (χ1v) is 9.67. The summed E-state index contributed by atoms with van der Waals surface area (Å²) in [6, 6.07) is 5.72. The number of methoxy groups -OCH3 is 2. The molecular weight excluding hydrogens is 344 g/mol. The molecule has 6 heteroatoms. The van der Waals surface area contributed by atoms with Crippen LogP contribution >= 0.6 is 0 Å². The van der Waals surface area contributed by atoms with Gasteiger partial charge in [0.25, 0.3) is 0 Å². The predicted octanol–water partition coefficient (Wildman–Crippen LogP) is 4.06. The maximum Gasteiger partial charge on any atom is 0.230 e. The summed E-state index contributed by atoms with van der Waals surface area (Å²) in [5, 5.41) is 0. The second-order valence-corrected chi connectivity index (χ2v) is 6.93. The van der Waals surface area contributed by atoms with E-state index in [-0.39, 0.29) is 0 Å². The lowest BCUT2D eigenvalue weighted by Crippen LogP contribution is -2.32. The average Bonchev–Trinajstić information content (AvgIpc) is 3.31. The van der Waals surface area contributed by atoms with E-state index in [1.165, 1.54) is 0 Å². The van der Waals surface area contributed by atoms with Gasteiger partial charge in [-0.15, -0.1) is 0 Å². The Labute approximate surface area is 161 Å². The second kappa shape index (κ2) is 9.24. The molecule has 0 saturated carbocycles. The monoisotopic (exact) mass is 374 g/mol. The number of ether oxygens (including phenoxy) is 3. The number of rotatable bonds is 9. The van der Waals surface area contributed by atoms with Crippen molar-refractivity contribution < 1.29 is 18.6 Å². The molecule has 0 N–H and O–H groups in total. The van der Waals surface area contributed by atoms with Crippen molar-refractivity contribution in [1.82, 2.24) is 9.88 Å². The van der Waals surface area contributed by atoms with Gasteiger partial charge in [0.15, 0.2) is 11.5 Å². The van der Waals surface area contributed by atoms with Crippen molar-refractivity contribution in [2.75, 3.05) is 33.9 Å². The van der Waals surface area contributed by atoms with Gasteiger partial charge in [0.1, 0.15) is 5.76 Å². The Hall–Kier alpha value is -2.05. The Kier molecular flexibility index (Phi) is 6.74. The molecule has 3 rings (SSSR count). The van der Waals surface area contributed by atoms with Crippen molar-refractivity contribution in [3.05, 3.63) is 29.7 Å². The summed E-state index contributed by atoms with van der Waals surface area (Å²) in [6.45, 7) is 7.77. The zero-order valence-electron chi connectivity index (χ0n) is 16.8. The number of benzene rings is 1. The Morgan fingerprint density at radius 1 is 1.26 bits per heavy atom. The predicted molar refractivity (Wildman–Crippen MR) is 104 cm³/mol. The van der Waals surface area contributed by atoms with Crippen LogP contribution in [0.5, 0.6) is 11.5 Å². The number of aromatic nitrogens is 1. The van der Waals surface area contributed by atoms with Crippen LogP contribution in [-0.4, -0.2) is 49.9 Å². The molecule has 1 aromatic heterocycles. The van der Waals surface area contributed by atoms with Crippen molar-refractivity contribution in [3.8, 4) is 23.0 Å². The molecule has 2 heterocycles. The Balaban J connectivity index is 1.81. The van der Waals surface area contributed by atoms with Crippen LogP contribution in [0.2, 0.25) is 0 Å². The largest absolute Gasteiger partial charge is 0.493 e. The van der Waals surface area contributed by atoms with Crippen LogP contribution in [0.1, 0.15) is 37.6 Å². The zero-order valence-corrected chi connectivity index (χ0v) is 16.8. The first kappa shape index (κ1) is 19.7. The smallest absolute Gasteiger partial charge is 0.230 e. The van der Waals surface area contributed by atoms with E-state index in [2.05, 4.69) is 11.8 Å². The number of para-hydroxylation sites is 1. The summed E-state index contributed by atoms with van der Waals surface area (Å²) >= 11 is 0. The van der Waals surface area contributed by atoms with Crippen LogP contribution in [0.15, 0.2) is 22.6 Å². The second-order valence-electron chi connectivity index (χ2n) is 6.93. The van der Waals surface area contributed by atoms with Gasteiger partial charge in [-0.25, -0.2) is 4.98 Å². The van der Waals surface area contributed by atoms with E-state index >= 15 is 0 Å². The molecule has 1 aromatic carbocycles. The van der Waals surface area contributed by atoms with Gasteiger partial charge in [0.05, 0.1) is 31.6 Å². The molecule has 1 saturated heterocycles. The van der Waals surface area contributed by atoms with E-state index in [1.807, 2.05) is 25.1 Å². The van der Waals surface area contributed by atoms with Crippen LogP contribution in [-0.2, 0) is 11.3 Å². The molecule has 27 heavy (non-hydrogen) atoms. The first-order valence-electron chi connectivity index (χ1n) is 9.67. The molecule has 0 radical (unpaired) electrons. The standard InChI is InChI=1S/C21H30N2O4/c1-5-11-23(13-16-8-7-12-26-16)14-18-15(2)27-21(22-18)17-9-6-10-19(24-3)20(17)25-4/h6,9-10,16H,5,7-8,11-14H2,1-4H3. The van der Waals surface area contributed by atoms with Crippen molar-refractivity contribution in [2.45, 2.75) is 45.8 Å². The zero-order chi connectivity index (χ0) is 19.2. The topological polar surface area (TPSA) is 57.0 Å². The summed E-state index contributed by atoms with van der Waals surface area (Å²) in [4.78, 5) is 7.19. The van der Waals surface area contributed by atoms with E-state index in [9.17, 15) is 0 Å². The van der Waals surface area contributed by atoms with Gasteiger partial charge in [0.2, 0.25) is 5.89 Å². The molecule has 0 aliphatic carbocycles. The lowest BCUT2D eigenvalue weighted by atomic mass is 10.2. The van der Waals surface area contributed by atoms with Crippen LogP contribution in [0.4, 0.5) is 0 Å². The molecule has 148 valence electrons. The van der Waals surface area contributed by atoms with Gasteiger partial charge in [0, 0.05) is 19.7 Å². The summed E-state index contributed by atoms with van der Waals surface area (Å²) in [5.74, 6) is 2.70. The maximum absolute atomic E-state index is 5.99. The molecule has 1 aliphatic heterocycles. The van der Waals surface area contributed by atoms with Gasteiger partial charge in [-0.1, -0.05) is 13.0 Å². The molecule has 0 amide bonds. The molecule has 1 atom stereocenters. The highest BCUT2D eigenvalue weighted by Gasteiger charge is 2.22. The van der Waals surface area contributed by atoms with Gasteiger partial charge in [-0.05, 0) is 44.9 Å². The van der Waals surface area contributed by atoms with Crippen molar-refractivity contribution in [3.63, 3.8) is 0 Å². The van der Waals surface area contributed by atoms with Crippen LogP contribution in [0.3, 0.4) is 0 Å². The Morgan fingerprint density at radius 2 is 2.11 bits per heavy atom. The molecule has 1 unspecified atom stereocenters. The average molecular weight is 374 g/mol. The number of oxazole rings is 1. The fraction of sp³-hybridized carbons (Fsp3) is 0.571. The summed E-state index contributed by atoms with van der Waals surface area (Å²) in [5.41, 5.74) is 1.76. The minimum Gasteiger partial charge on any atom is -0.493 e. The summed E-state index contributed by atoms with van der Waals surface area (Å²) in [6.07, 6.45) is 3.74. The molecule has 1 aliphatic rings. The van der Waals surface area contributed by atoms with Gasteiger partial charge >= 0.3 is 0 Å². The van der Waals surface area contributed by atoms with Crippen molar-refractivity contribution in [1.29, 1.82) is 0 Å².